The second-order valence-corrected chi connectivity index (χ2v) is 4.97. The highest BCUT2D eigenvalue weighted by Gasteiger charge is 2.20. The summed E-state index contributed by atoms with van der Waals surface area (Å²) in [6, 6.07) is 26.7. The van der Waals surface area contributed by atoms with Crippen LogP contribution in [0.5, 0.6) is 0 Å². The lowest BCUT2D eigenvalue weighted by Gasteiger charge is -2.09. The molecule has 1 aliphatic rings. The first-order valence-electron chi connectivity index (χ1n) is 6.60. The Hall–Kier alpha value is -2.34. The van der Waals surface area contributed by atoms with Crippen molar-refractivity contribution in [3.8, 4) is 22.3 Å². The van der Waals surface area contributed by atoms with Crippen molar-refractivity contribution < 1.29 is 0 Å². The minimum atomic E-state index is 1.05. The molecular weight excluding hydrogens is 228 g/mol. The van der Waals surface area contributed by atoms with Gasteiger partial charge in [0.25, 0.3) is 0 Å². The third kappa shape index (κ3) is 1.61. The molecule has 0 heteroatoms. The Kier molecular flexibility index (Phi) is 2.28. The zero-order chi connectivity index (χ0) is 12.7. The van der Waals surface area contributed by atoms with Crippen molar-refractivity contribution in [1.29, 1.82) is 0 Å². The smallest absolute Gasteiger partial charge is 0.00132 e. The number of rotatable bonds is 1. The Bertz CT molecular complexity index is 739. The fraction of sp³-hybridized carbons (Fsp3) is 0.0526. The lowest BCUT2D eigenvalue weighted by atomic mass is 9.94. The number of benzene rings is 3. The van der Waals surface area contributed by atoms with Gasteiger partial charge in [0, 0.05) is 0 Å². The van der Waals surface area contributed by atoms with Crippen molar-refractivity contribution in [2.45, 2.75) is 6.42 Å². The van der Waals surface area contributed by atoms with Crippen LogP contribution in [0.3, 0.4) is 0 Å². The summed E-state index contributed by atoms with van der Waals surface area (Å²) in [7, 11) is 0. The van der Waals surface area contributed by atoms with Crippen molar-refractivity contribution in [3.63, 3.8) is 0 Å². The van der Waals surface area contributed by atoms with Crippen molar-refractivity contribution in [2.24, 2.45) is 0 Å². The van der Waals surface area contributed by atoms with E-state index in [0.717, 1.165) is 6.42 Å². The maximum absolute atomic E-state index is 3.17. The van der Waals surface area contributed by atoms with Crippen LogP contribution in [0, 0.1) is 6.07 Å². The molecule has 89 valence electrons. The summed E-state index contributed by atoms with van der Waals surface area (Å²) in [5, 5.41) is 0. The van der Waals surface area contributed by atoms with Crippen LogP contribution in [0.2, 0.25) is 0 Å². The van der Waals surface area contributed by atoms with Crippen LogP contribution in [0.1, 0.15) is 11.1 Å². The SMILES string of the molecule is [c]1cccc(-c2cccc3c2-c2ccccc2C3)c1. The van der Waals surface area contributed by atoms with Gasteiger partial charge in [-0.1, -0.05) is 60.7 Å². The van der Waals surface area contributed by atoms with E-state index in [1.165, 1.54) is 33.4 Å². The lowest BCUT2D eigenvalue weighted by Crippen LogP contribution is -1.85. The predicted molar refractivity (Wildman–Crippen MR) is 79.0 cm³/mol. The highest BCUT2D eigenvalue weighted by atomic mass is 14.2. The maximum Gasteiger partial charge on any atom is -0.00132 e. The second-order valence-electron chi connectivity index (χ2n) is 4.97. The molecule has 0 amide bonds. The Balaban J connectivity index is 2.01. The normalized spacial score (nSPS) is 12.0. The molecule has 19 heavy (non-hydrogen) atoms. The van der Waals surface area contributed by atoms with E-state index < -0.39 is 0 Å². The number of hydrogen-bond donors (Lipinski definition) is 0. The molecule has 0 spiro atoms. The van der Waals surface area contributed by atoms with E-state index in [1.54, 1.807) is 0 Å². The van der Waals surface area contributed by atoms with Crippen LogP contribution in [0.25, 0.3) is 22.3 Å². The van der Waals surface area contributed by atoms with E-state index >= 15 is 0 Å². The molecule has 0 nitrogen and oxygen atoms in total. The van der Waals surface area contributed by atoms with Crippen molar-refractivity contribution in [3.05, 3.63) is 83.9 Å². The number of hydrogen-bond acceptors (Lipinski definition) is 0. The second kappa shape index (κ2) is 4.10. The van der Waals surface area contributed by atoms with Crippen molar-refractivity contribution >= 4 is 0 Å². The Morgan fingerprint density at radius 2 is 1.58 bits per heavy atom. The van der Waals surface area contributed by atoms with Crippen LogP contribution in [0.15, 0.2) is 66.7 Å². The topological polar surface area (TPSA) is 0 Å². The first-order valence-corrected chi connectivity index (χ1v) is 6.60. The fourth-order valence-electron chi connectivity index (χ4n) is 2.99. The molecule has 1 radical (unpaired) electrons. The predicted octanol–water partition coefficient (Wildman–Crippen LogP) is 4.72. The molecule has 0 fully saturated rings. The summed E-state index contributed by atoms with van der Waals surface area (Å²) < 4.78 is 0. The zero-order valence-corrected chi connectivity index (χ0v) is 10.6. The van der Waals surface area contributed by atoms with Crippen LogP contribution in [-0.2, 0) is 6.42 Å². The van der Waals surface area contributed by atoms with Gasteiger partial charge in [0.1, 0.15) is 0 Å². The molecule has 0 saturated heterocycles. The Morgan fingerprint density at radius 3 is 2.47 bits per heavy atom. The maximum atomic E-state index is 3.17. The monoisotopic (exact) mass is 241 g/mol. The molecule has 1 aliphatic carbocycles. The average molecular weight is 241 g/mol. The number of fused-ring (bicyclic) bond motifs is 3. The molecule has 0 aliphatic heterocycles. The summed E-state index contributed by atoms with van der Waals surface area (Å²) in [6.07, 6.45) is 1.05. The molecule has 0 atom stereocenters. The van der Waals surface area contributed by atoms with Gasteiger partial charge in [0.15, 0.2) is 0 Å². The van der Waals surface area contributed by atoms with E-state index in [-0.39, 0.29) is 0 Å². The van der Waals surface area contributed by atoms with E-state index in [0.29, 0.717) is 0 Å². The van der Waals surface area contributed by atoms with Gasteiger partial charge in [-0.3, -0.25) is 0 Å². The van der Waals surface area contributed by atoms with Gasteiger partial charge in [-0.05, 0) is 51.9 Å². The van der Waals surface area contributed by atoms with Gasteiger partial charge in [0.2, 0.25) is 0 Å². The molecule has 4 rings (SSSR count). The highest BCUT2D eigenvalue weighted by molar-refractivity contribution is 5.90. The van der Waals surface area contributed by atoms with Crippen LogP contribution >= 0.6 is 0 Å². The van der Waals surface area contributed by atoms with E-state index in [2.05, 4.69) is 66.7 Å². The molecule has 3 aromatic carbocycles. The van der Waals surface area contributed by atoms with Gasteiger partial charge < -0.3 is 0 Å². The van der Waals surface area contributed by atoms with Gasteiger partial charge in [0.05, 0.1) is 0 Å². The van der Waals surface area contributed by atoms with Crippen LogP contribution in [-0.4, -0.2) is 0 Å². The molecule has 0 unspecified atom stereocenters. The average Bonchev–Trinajstić information content (AvgIpc) is 2.86. The van der Waals surface area contributed by atoms with Crippen LogP contribution in [0.4, 0.5) is 0 Å². The summed E-state index contributed by atoms with van der Waals surface area (Å²) in [4.78, 5) is 0. The minimum Gasteiger partial charge on any atom is -0.0619 e. The van der Waals surface area contributed by atoms with Crippen LogP contribution < -0.4 is 0 Å². The van der Waals surface area contributed by atoms with E-state index in [9.17, 15) is 0 Å². The summed E-state index contributed by atoms with van der Waals surface area (Å²) in [5.41, 5.74) is 8.22. The molecule has 0 N–H and O–H groups in total. The summed E-state index contributed by atoms with van der Waals surface area (Å²) >= 11 is 0. The molecule has 3 aromatic rings. The Labute approximate surface area is 113 Å². The van der Waals surface area contributed by atoms with Crippen molar-refractivity contribution in [1.82, 2.24) is 0 Å². The fourth-order valence-corrected chi connectivity index (χ4v) is 2.99. The molecule has 0 heterocycles. The van der Waals surface area contributed by atoms with Crippen molar-refractivity contribution in [2.75, 3.05) is 0 Å². The van der Waals surface area contributed by atoms with E-state index in [1.807, 2.05) is 6.07 Å². The Morgan fingerprint density at radius 1 is 0.737 bits per heavy atom. The first kappa shape index (κ1) is 10.6. The summed E-state index contributed by atoms with van der Waals surface area (Å²) in [6.45, 7) is 0. The molecule has 0 bridgehead atoms. The minimum absolute atomic E-state index is 1.05. The quantitative estimate of drug-likeness (QED) is 0.452. The molecule has 0 saturated carbocycles. The third-order valence-corrected chi connectivity index (χ3v) is 3.84. The zero-order valence-electron chi connectivity index (χ0n) is 10.6. The highest BCUT2D eigenvalue weighted by Crippen LogP contribution is 2.42. The lowest BCUT2D eigenvalue weighted by molar-refractivity contribution is 1.26. The third-order valence-electron chi connectivity index (χ3n) is 3.84. The van der Waals surface area contributed by atoms with E-state index in [4.69, 9.17) is 0 Å². The van der Waals surface area contributed by atoms with Gasteiger partial charge in [-0.15, -0.1) is 0 Å². The standard InChI is InChI=1S/C19H13/c1-2-7-14(8-3-1)17-12-6-10-16-13-15-9-4-5-11-18(15)19(16)17/h1-2,4-12H,13H2. The summed E-state index contributed by atoms with van der Waals surface area (Å²) in [5.74, 6) is 0. The van der Waals surface area contributed by atoms with Gasteiger partial charge in [-0.25, -0.2) is 0 Å². The van der Waals surface area contributed by atoms with Gasteiger partial charge >= 0.3 is 0 Å². The largest absolute Gasteiger partial charge is 0.0619 e. The molecule has 0 aromatic heterocycles. The first-order chi connectivity index (χ1) is 9.43. The van der Waals surface area contributed by atoms with Gasteiger partial charge in [-0.2, -0.15) is 0 Å². The molecular formula is C19H13.